The third-order valence-electron chi connectivity index (χ3n) is 3.68. The zero-order valence-corrected chi connectivity index (χ0v) is 15.3. The molecule has 0 radical (unpaired) electrons. The lowest BCUT2D eigenvalue weighted by atomic mass is 10.1. The molecule has 0 unspecified atom stereocenters. The smallest absolute Gasteiger partial charge is 0.326 e. The fourth-order valence-electron chi connectivity index (χ4n) is 2.19. The molecule has 28 heavy (non-hydrogen) atoms. The number of hydrogen-bond acceptors (Lipinski definition) is 4. The van der Waals surface area contributed by atoms with Gasteiger partial charge in [0.15, 0.2) is 0 Å². The summed E-state index contributed by atoms with van der Waals surface area (Å²) < 4.78 is 12.8. The van der Waals surface area contributed by atoms with E-state index in [1.54, 1.807) is 12.1 Å². The van der Waals surface area contributed by atoms with E-state index in [-0.39, 0.29) is 12.1 Å². The highest BCUT2D eigenvalue weighted by atomic mass is 19.1. The van der Waals surface area contributed by atoms with Crippen LogP contribution in [0.1, 0.15) is 18.9 Å². The average molecular weight is 384 g/mol. The van der Waals surface area contributed by atoms with Gasteiger partial charge in [-0.25, -0.2) is 4.39 Å². The van der Waals surface area contributed by atoms with E-state index in [1.165, 1.54) is 24.3 Å². The van der Waals surface area contributed by atoms with Gasteiger partial charge in [0, 0.05) is 17.1 Å². The molecule has 0 bridgehead atoms. The third-order valence-corrected chi connectivity index (χ3v) is 3.68. The molecular formula is C20H21FN4O3. The molecule has 0 spiro atoms. The number of benzene rings is 2. The lowest BCUT2D eigenvalue weighted by Gasteiger charge is -2.11. The van der Waals surface area contributed by atoms with Crippen molar-refractivity contribution in [1.29, 1.82) is 0 Å². The van der Waals surface area contributed by atoms with Crippen LogP contribution < -0.4 is 21.5 Å². The second-order valence-corrected chi connectivity index (χ2v) is 5.92. The van der Waals surface area contributed by atoms with Gasteiger partial charge < -0.3 is 16.1 Å². The van der Waals surface area contributed by atoms with Crippen LogP contribution in [0.5, 0.6) is 0 Å². The fraction of sp³-hybridized carbons (Fsp3) is 0.150. The normalized spacial score (nSPS) is 9.93. The van der Waals surface area contributed by atoms with Gasteiger partial charge in [0.05, 0.1) is 6.42 Å². The Morgan fingerprint density at radius 1 is 0.857 bits per heavy atom. The van der Waals surface area contributed by atoms with Crippen LogP contribution in [0.3, 0.4) is 0 Å². The van der Waals surface area contributed by atoms with Crippen LogP contribution >= 0.6 is 0 Å². The molecule has 7 nitrogen and oxygen atoms in total. The van der Waals surface area contributed by atoms with Gasteiger partial charge in [-0.1, -0.05) is 25.6 Å². The number of halogens is 1. The molecule has 0 fully saturated rings. The van der Waals surface area contributed by atoms with E-state index in [0.717, 1.165) is 12.0 Å². The monoisotopic (exact) mass is 384 g/mol. The first-order valence-corrected chi connectivity index (χ1v) is 8.57. The molecule has 0 heterocycles. The Hall–Kier alpha value is -3.68. The van der Waals surface area contributed by atoms with E-state index in [0.29, 0.717) is 11.4 Å². The van der Waals surface area contributed by atoms with Gasteiger partial charge in [0.1, 0.15) is 5.82 Å². The molecule has 0 saturated heterocycles. The Morgan fingerprint density at radius 2 is 1.43 bits per heavy atom. The Bertz CT molecular complexity index is 864. The maximum Gasteiger partial charge on any atom is 0.327 e. The van der Waals surface area contributed by atoms with Gasteiger partial charge in [-0.15, -0.1) is 0 Å². The number of amides is 3. The molecule has 0 aromatic heterocycles. The zero-order valence-electron chi connectivity index (χ0n) is 15.3. The number of rotatable bonds is 7. The Kier molecular flexibility index (Phi) is 7.27. The van der Waals surface area contributed by atoms with Crippen LogP contribution in [-0.2, 0) is 20.8 Å². The minimum atomic E-state index is -0.931. The van der Waals surface area contributed by atoms with Gasteiger partial charge in [0.25, 0.3) is 0 Å². The molecule has 0 saturated carbocycles. The first-order valence-electron chi connectivity index (χ1n) is 8.57. The summed E-state index contributed by atoms with van der Waals surface area (Å²) in [6.07, 6.45) is 0.716. The van der Waals surface area contributed by atoms with Crippen LogP contribution in [0.2, 0.25) is 0 Å². The van der Waals surface area contributed by atoms with E-state index >= 15 is 0 Å². The van der Waals surface area contributed by atoms with Crippen LogP contribution in [0.15, 0.2) is 60.8 Å². The van der Waals surface area contributed by atoms with Crippen molar-refractivity contribution in [3.05, 3.63) is 72.2 Å². The van der Waals surface area contributed by atoms with Gasteiger partial charge in [-0.05, 0) is 48.4 Å². The number of anilines is 2. The number of hydrazine groups is 1. The van der Waals surface area contributed by atoms with Crippen LogP contribution in [0.4, 0.5) is 15.8 Å². The highest BCUT2D eigenvalue weighted by Crippen LogP contribution is 2.10. The highest BCUT2D eigenvalue weighted by molar-refractivity contribution is 6.39. The van der Waals surface area contributed by atoms with Crippen molar-refractivity contribution in [2.24, 2.45) is 0 Å². The zero-order chi connectivity index (χ0) is 20.5. The summed E-state index contributed by atoms with van der Waals surface area (Å²) in [5.41, 5.74) is 6.80. The van der Waals surface area contributed by atoms with Crippen LogP contribution in [-0.4, -0.2) is 17.7 Å². The molecule has 0 aliphatic heterocycles. The van der Waals surface area contributed by atoms with Gasteiger partial charge in [-0.2, -0.15) is 0 Å². The summed E-state index contributed by atoms with van der Waals surface area (Å²) in [4.78, 5) is 35.6. The molecular weight excluding hydrogens is 363 g/mol. The van der Waals surface area contributed by atoms with Crippen LogP contribution in [0.25, 0.3) is 0 Å². The molecule has 2 aromatic rings. The van der Waals surface area contributed by atoms with E-state index in [4.69, 9.17) is 0 Å². The van der Waals surface area contributed by atoms with Crippen molar-refractivity contribution in [3.8, 4) is 0 Å². The van der Waals surface area contributed by atoms with Crippen molar-refractivity contribution >= 4 is 29.1 Å². The van der Waals surface area contributed by atoms with E-state index in [2.05, 4.69) is 28.1 Å². The van der Waals surface area contributed by atoms with E-state index in [1.807, 2.05) is 19.1 Å². The quantitative estimate of drug-likeness (QED) is 0.435. The van der Waals surface area contributed by atoms with E-state index in [9.17, 15) is 18.8 Å². The predicted molar refractivity (Wildman–Crippen MR) is 105 cm³/mol. The lowest BCUT2D eigenvalue weighted by molar-refractivity contribution is -0.136. The number of carbonyl (C=O) groups is 3. The van der Waals surface area contributed by atoms with Crippen molar-refractivity contribution in [1.82, 2.24) is 10.9 Å². The summed E-state index contributed by atoms with van der Waals surface area (Å²) in [7, 11) is 0. The summed E-state index contributed by atoms with van der Waals surface area (Å²) in [5, 5.41) is 5.02. The summed E-state index contributed by atoms with van der Waals surface area (Å²) in [6, 6.07) is 12.4. The number of carbonyl (C=O) groups excluding carboxylic acids is 3. The van der Waals surface area contributed by atoms with Gasteiger partial charge >= 0.3 is 11.8 Å². The molecule has 2 aromatic carbocycles. The fourth-order valence-corrected chi connectivity index (χ4v) is 2.19. The van der Waals surface area contributed by atoms with Crippen molar-refractivity contribution < 1.29 is 18.8 Å². The molecule has 0 atom stereocenters. The largest absolute Gasteiger partial charge is 0.327 e. The van der Waals surface area contributed by atoms with Crippen LogP contribution in [0, 0.1) is 5.82 Å². The Labute approximate surface area is 162 Å². The number of nitrogens with one attached hydrogen (secondary N) is 4. The Morgan fingerprint density at radius 3 is 2.04 bits per heavy atom. The maximum atomic E-state index is 12.8. The average Bonchev–Trinajstić information content (AvgIpc) is 2.68. The molecule has 4 N–H and O–H groups in total. The minimum Gasteiger partial charge on any atom is -0.326 e. The molecule has 0 aliphatic carbocycles. The van der Waals surface area contributed by atoms with Gasteiger partial charge in [0.2, 0.25) is 5.91 Å². The SMILES string of the molecule is C=C(CC(=O)Nc1ccc(F)cc1)NNC(=O)C(=O)Nc1ccc(CC)cc1. The highest BCUT2D eigenvalue weighted by Gasteiger charge is 2.14. The standard InChI is InChI=1S/C20H21FN4O3/c1-3-14-4-8-17(9-5-14)23-19(27)20(28)25-24-13(2)12-18(26)22-16-10-6-15(21)7-11-16/h4-11,24H,2-3,12H2,1H3,(H,22,26)(H,23,27)(H,25,28). The van der Waals surface area contributed by atoms with Crippen molar-refractivity contribution in [2.45, 2.75) is 19.8 Å². The summed E-state index contributed by atoms with van der Waals surface area (Å²) >= 11 is 0. The summed E-state index contributed by atoms with van der Waals surface area (Å²) in [6.45, 7) is 5.62. The lowest BCUT2D eigenvalue weighted by Crippen LogP contribution is -2.43. The van der Waals surface area contributed by atoms with Crippen molar-refractivity contribution in [2.75, 3.05) is 10.6 Å². The number of aryl methyl sites for hydroxylation is 1. The molecule has 146 valence electrons. The first-order chi connectivity index (χ1) is 13.4. The van der Waals surface area contributed by atoms with Crippen molar-refractivity contribution in [3.63, 3.8) is 0 Å². The van der Waals surface area contributed by atoms with E-state index < -0.39 is 23.5 Å². The maximum absolute atomic E-state index is 12.8. The number of hydrogen-bond donors (Lipinski definition) is 4. The molecule has 8 heteroatoms. The topological polar surface area (TPSA) is 99.3 Å². The Balaban J connectivity index is 1.74. The summed E-state index contributed by atoms with van der Waals surface area (Å²) in [5.74, 6) is -2.62. The predicted octanol–water partition coefficient (Wildman–Crippen LogP) is 2.49. The van der Waals surface area contributed by atoms with Gasteiger partial charge in [-0.3, -0.25) is 19.8 Å². The second-order valence-electron chi connectivity index (χ2n) is 5.92. The molecule has 0 aliphatic rings. The molecule has 2 rings (SSSR count). The second kappa shape index (κ2) is 9.86. The third kappa shape index (κ3) is 6.56. The minimum absolute atomic E-state index is 0.155. The molecule has 3 amide bonds. The first kappa shape index (κ1) is 20.6.